The molecule has 0 aromatic carbocycles. The number of rotatable bonds is 7. The first-order valence-corrected chi connectivity index (χ1v) is 7.61. The maximum Gasteiger partial charge on any atom is 0.191 e. The lowest BCUT2D eigenvalue weighted by Crippen LogP contribution is -2.43. The van der Waals surface area contributed by atoms with E-state index in [1.807, 2.05) is 0 Å². The number of hydrogen-bond acceptors (Lipinski definition) is 2. The monoisotopic (exact) mass is 394 g/mol. The molecule has 1 aliphatic rings. The molecule has 0 radical (unpaired) electrons. The topological polar surface area (TPSA) is 39.7 Å². The molecule has 2 N–H and O–H groups in total. The fourth-order valence-corrected chi connectivity index (χ4v) is 2.32. The van der Waals surface area contributed by atoms with E-state index in [1.165, 1.54) is 0 Å². The summed E-state index contributed by atoms with van der Waals surface area (Å²) in [4.78, 5) is 7.11. The van der Waals surface area contributed by atoms with Gasteiger partial charge in [-0.25, -0.2) is 0 Å². The lowest BCUT2D eigenvalue weighted by atomic mass is 10.2. The molecule has 5 heteroatoms. The molecule has 0 unspecified atom stereocenters. The second-order valence-electron chi connectivity index (χ2n) is 5.27. The van der Waals surface area contributed by atoms with Gasteiger partial charge in [-0.05, 0) is 40.2 Å². The van der Waals surface area contributed by atoms with Gasteiger partial charge >= 0.3 is 0 Å². The molecule has 0 heterocycles. The van der Waals surface area contributed by atoms with Crippen molar-refractivity contribution in [3.05, 3.63) is 12.2 Å². The predicted octanol–water partition coefficient (Wildman–Crippen LogP) is 2.61. The Morgan fingerprint density at radius 1 is 1.30 bits per heavy atom. The quantitative estimate of drug-likeness (QED) is 0.302. The molecule has 0 aromatic heterocycles. The molecule has 0 amide bonds. The fraction of sp³-hybridized carbons (Fsp3) is 0.800. The maximum atomic E-state index is 4.67. The highest BCUT2D eigenvalue weighted by atomic mass is 127. The summed E-state index contributed by atoms with van der Waals surface area (Å²) in [6.07, 6.45) is 6.69. The van der Waals surface area contributed by atoms with Crippen molar-refractivity contribution < 1.29 is 0 Å². The first-order valence-electron chi connectivity index (χ1n) is 7.61. The van der Waals surface area contributed by atoms with Gasteiger partial charge in [-0.3, -0.25) is 9.89 Å². The summed E-state index contributed by atoms with van der Waals surface area (Å²) in [6.45, 7) is 12.7. The molecule has 0 aliphatic heterocycles. The van der Waals surface area contributed by atoms with E-state index >= 15 is 0 Å². The lowest BCUT2D eigenvalue weighted by molar-refractivity contribution is 0.240. The molecule has 20 heavy (non-hydrogen) atoms. The van der Waals surface area contributed by atoms with Gasteiger partial charge in [0.1, 0.15) is 0 Å². The van der Waals surface area contributed by atoms with E-state index in [0.717, 1.165) is 45.0 Å². The van der Waals surface area contributed by atoms with Crippen molar-refractivity contribution in [2.75, 3.05) is 26.2 Å². The van der Waals surface area contributed by atoms with E-state index in [0.29, 0.717) is 12.1 Å². The van der Waals surface area contributed by atoms with Gasteiger partial charge in [-0.1, -0.05) is 19.1 Å². The van der Waals surface area contributed by atoms with Crippen LogP contribution in [0.3, 0.4) is 0 Å². The number of guanidine groups is 1. The summed E-state index contributed by atoms with van der Waals surface area (Å²) in [7, 11) is 0. The average Bonchev–Trinajstić information content (AvgIpc) is 2.87. The van der Waals surface area contributed by atoms with Gasteiger partial charge in [-0.2, -0.15) is 0 Å². The summed E-state index contributed by atoms with van der Waals surface area (Å²) in [5.41, 5.74) is 0. The molecule has 1 rings (SSSR count). The van der Waals surface area contributed by atoms with Gasteiger partial charge in [-0.15, -0.1) is 24.0 Å². The maximum absolute atomic E-state index is 4.67. The van der Waals surface area contributed by atoms with E-state index in [4.69, 9.17) is 0 Å². The van der Waals surface area contributed by atoms with Gasteiger partial charge < -0.3 is 10.6 Å². The molecular weight excluding hydrogens is 363 g/mol. The Hall–Kier alpha value is -0.300. The molecule has 0 aromatic rings. The average molecular weight is 394 g/mol. The molecule has 1 aliphatic carbocycles. The van der Waals surface area contributed by atoms with Crippen molar-refractivity contribution in [3.8, 4) is 0 Å². The zero-order valence-corrected chi connectivity index (χ0v) is 15.7. The Balaban J connectivity index is 0.00000361. The smallest absolute Gasteiger partial charge is 0.191 e. The first kappa shape index (κ1) is 19.7. The van der Waals surface area contributed by atoms with Crippen LogP contribution < -0.4 is 10.6 Å². The SMILES string of the molecule is CCNC(=NCCN(CC)C(C)C)NC1CC=CC1.I. The molecule has 0 fully saturated rings. The van der Waals surface area contributed by atoms with Crippen LogP contribution in [-0.4, -0.2) is 49.1 Å². The third kappa shape index (κ3) is 7.47. The normalized spacial score (nSPS) is 15.8. The minimum Gasteiger partial charge on any atom is -0.357 e. The first-order chi connectivity index (χ1) is 9.17. The molecule has 4 nitrogen and oxygen atoms in total. The van der Waals surface area contributed by atoms with Gasteiger partial charge in [0, 0.05) is 25.2 Å². The van der Waals surface area contributed by atoms with Crippen LogP contribution in [0.25, 0.3) is 0 Å². The number of hydrogen-bond donors (Lipinski definition) is 2. The van der Waals surface area contributed by atoms with Crippen molar-refractivity contribution in [1.82, 2.24) is 15.5 Å². The van der Waals surface area contributed by atoms with Gasteiger partial charge in [0.25, 0.3) is 0 Å². The van der Waals surface area contributed by atoms with Gasteiger partial charge in [0.05, 0.1) is 6.54 Å². The van der Waals surface area contributed by atoms with Crippen LogP contribution in [0, 0.1) is 0 Å². The van der Waals surface area contributed by atoms with Crippen molar-refractivity contribution in [2.45, 2.75) is 52.6 Å². The van der Waals surface area contributed by atoms with Gasteiger partial charge in [0.2, 0.25) is 0 Å². The van der Waals surface area contributed by atoms with E-state index in [9.17, 15) is 0 Å². The van der Waals surface area contributed by atoms with Crippen molar-refractivity contribution in [2.24, 2.45) is 4.99 Å². The minimum atomic E-state index is 0. The van der Waals surface area contributed by atoms with Crippen LogP contribution in [0.5, 0.6) is 0 Å². The van der Waals surface area contributed by atoms with Crippen molar-refractivity contribution >= 4 is 29.9 Å². The van der Waals surface area contributed by atoms with Crippen LogP contribution in [0.2, 0.25) is 0 Å². The largest absolute Gasteiger partial charge is 0.357 e. The Morgan fingerprint density at radius 3 is 2.45 bits per heavy atom. The summed E-state index contributed by atoms with van der Waals surface area (Å²) in [6, 6.07) is 1.11. The molecular formula is C15H31IN4. The number of nitrogens with one attached hydrogen (secondary N) is 2. The Morgan fingerprint density at radius 2 is 1.95 bits per heavy atom. The van der Waals surface area contributed by atoms with Crippen molar-refractivity contribution in [1.29, 1.82) is 0 Å². The van der Waals surface area contributed by atoms with Crippen LogP contribution in [0.15, 0.2) is 17.1 Å². The van der Waals surface area contributed by atoms with Crippen LogP contribution in [-0.2, 0) is 0 Å². The molecule has 0 spiro atoms. The van der Waals surface area contributed by atoms with Crippen LogP contribution in [0.1, 0.15) is 40.5 Å². The standard InChI is InChI=1S/C15H30N4.HI/c1-5-16-15(18-14-9-7-8-10-14)17-11-12-19(6-2)13(3)4;/h7-8,13-14H,5-6,9-12H2,1-4H3,(H2,16,17,18);1H. The zero-order chi connectivity index (χ0) is 14.1. The second-order valence-corrected chi connectivity index (χ2v) is 5.27. The van der Waals surface area contributed by atoms with E-state index in [1.54, 1.807) is 0 Å². The number of aliphatic imine (C=N–C) groups is 1. The van der Waals surface area contributed by atoms with Crippen LogP contribution >= 0.6 is 24.0 Å². The van der Waals surface area contributed by atoms with E-state index in [2.05, 4.69) is 60.4 Å². The Bertz CT molecular complexity index is 294. The predicted molar refractivity (Wildman–Crippen MR) is 99.1 cm³/mol. The minimum absolute atomic E-state index is 0. The van der Waals surface area contributed by atoms with Crippen molar-refractivity contribution in [3.63, 3.8) is 0 Å². The Labute approximate surface area is 141 Å². The summed E-state index contributed by atoms with van der Waals surface area (Å²) >= 11 is 0. The number of halogens is 1. The fourth-order valence-electron chi connectivity index (χ4n) is 2.32. The number of likely N-dealkylation sites (N-methyl/N-ethyl adjacent to an activating group) is 1. The molecule has 118 valence electrons. The highest BCUT2D eigenvalue weighted by molar-refractivity contribution is 14.0. The third-order valence-electron chi connectivity index (χ3n) is 3.49. The molecule has 0 saturated heterocycles. The van der Waals surface area contributed by atoms with Crippen LogP contribution in [0.4, 0.5) is 0 Å². The zero-order valence-electron chi connectivity index (χ0n) is 13.4. The summed E-state index contributed by atoms with van der Waals surface area (Å²) < 4.78 is 0. The highest BCUT2D eigenvalue weighted by Crippen LogP contribution is 2.08. The van der Waals surface area contributed by atoms with E-state index in [-0.39, 0.29) is 24.0 Å². The summed E-state index contributed by atoms with van der Waals surface area (Å²) in [5, 5.41) is 6.82. The molecule has 0 saturated carbocycles. The van der Waals surface area contributed by atoms with E-state index < -0.39 is 0 Å². The Kier molecular flexibility index (Phi) is 11.2. The third-order valence-corrected chi connectivity index (χ3v) is 3.49. The lowest BCUT2D eigenvalue weighted by Gasteiger charge is -2.24. The summed E-state index contributed by atoms with van der Waals surface area (Å²) in [5.74, 6) is 0.955. The highest BCUT2D eigenvalue weighted by Gasteiger charge is 2.11. The number of nitrogens with zero attached hydrogens (tertiary/aromatic N) is 2. The second kappa shape index (κ2) is 11.4. The van der Waals surface area contributed by atoms with Gasteiger partial charge in [0.15, 0.2) is 5.96 Å². The molecule has 0 atom stereocenters. The molecule has 0 bridgehead atoms.